The predicted molar refractivity (Wildman–Crippen MR) is 135 cm³/mol. The van der Waals surface area contributed by atoms with Crippen molar-refractivity contribution in [3.8, 4) is 0 Å². The van der Waals surface area contributed by atoms with Gasteiger partial charge in [-0.05, 0) is 55.7 Å². The molecule has 0 amide bonds. The summed E-state index contributed by atoms with van der Waals surface area (Å²) in [5.41, 5.74) is 12.7. The second-order valence-electron chi connectivity index (χ2n) is 10.7. The molecular formula is C25H38B2P+. The molecule has 0 N–H and O–H groups in total. The van der Waals surface area contributed by atoms with E-state index < -0.39 is 7.26 Å². The third-order valence-corrected chi connectivity index (χ3v) is 11.3. The van der Waals surface area contributed by atoms with Crippen molar-refractivity contribution >= 4 is 31.6 Å². The van der Waals surface area contributed by atoms with Gasteiger partial charge in [-0.25, -0.2) is 0 Å². The second-order valence-corrected chi connectivity index (χ2v) is 15.7. The quantitative estimate of drug-likeness (QED) is 0.490. The molecule has 0 radical (unpaired) electrons. The maximum absolute atomic E-state index is 2.62. The summed E-state index contributed by atoms with van der Waals surface area (Å²) in [7, 11) is -1.12. The van der Waals surface area contributed by atoms with E-state index in [9.17, 15) is 0 Å². The van der Waals surface area contributed by atoms with Crippen LogP contribution in [-0.4, -0.2) is 38.4 Å². The number of hydrogen-bond acceptors (Lipinski definition) is 0. The molecule has 148 valence electrons. The summed E-state index contributed by atoms with van der Waals surface area (Å²) >= 11 is 0. The van der Waals surface area contributed by atoms with Gasteiger partial charge >= 0.3 is 0 Å². The molecule has 0 aromatic heterocycles. The fourth-order valence-corrected chi connectivity index (χ4v) is 9.04. The Morgan fingerprint density at radius 2 is 0.964 bits per heavy atom. The van der Waals surface area contributed by atoms with Crippen LogP contribution in [0.1, 0.15) is 47.2 Å². The van der Waals surface area contributed by atoms with E-state index in [1.165, 1.54) is 33.4 Å². The average molecular weight is 391 g/mol. The molecule has 3 heteroatoms. The highest BCUT2D eigenvalue weighted by Gasteiger charge is 2.71. The average Bonchev–Trinajstić information content (AvgIpc) is 2.52. The Balaban J connectivity index is 2.23. The van der Waals surface area contributed by atoms with Crippen molar-refractivity contribution in [3.63, 3.8) is 0 Å². The number of rotatable bonds is 3. The Morgan fingerprint density at radius 1 is 0.679 bits per heavy atom. The van der Waals surface area contributed by atoms with Gasteiger partial charge in [0.15, 0.2) is 0 Å². The molecule has 3 rings (SSSR count). The number of aryl methyl sites for hydroxylation is 6. The van der Waals surface area contributed by atoms with E-state index in [0.29, 0.717) is 24.1 Å². The maximum atomic E-state index is 2.62. The molecule has 0 unspecified atom stereocenters. The van der Waals surface area contributed by atoms with E-state index in [1.54, 1.807) is 10.9 Å². The smallest absolute Gasteiger partial charge is 0.0746 e. The summed E-state index contributed by atoms with van der Waals surface area (Å²) in [5, 5.41) is 0. The van der Waals surface area contributed by atoms with E-state index in [4.69, 9.17) is 0 Å². The van der Waals surface area contributed by atoms with Crippen molar-refractivity contribution in [1.29, 1.82) is 0 Å². The third kappa shape index (κ3) is 3.11. The van der Waals surface area contributed by atoms with Crippen molar-refractivity contribution < 1.29 is 0 Å². The van der Waals surface area contributed by atoms with Gasteiger partial charge in [0, 0.05) is 24.9 Å². The molecule has 2 aromatic carbocycles. The number of benzene rings is 2. The van der Waals surface area contributed by atoms with Gasteiger partial charge in [0.1, 0.15) is 0 Å². The fraction of sp³-hybridized carbons (Fsp3) is 0.520. The lowest BCUT2D eigenvalue weighted by Gasteiger charge is -2.59. The van der Waals surface area contributed by atoms with Gasteiger partial charge in [0.25, 0.3) is 0 Å². The molecule has 1 aliphatic heterocycles. The monoisotopic (exact) mass is 391 g/mol. The van der Waals surface area contributed by atoms with Crippen LogP contribution in [0.4, 0.5) is 0 Å². The van der Waals surface area contributed by atoms with Gasteiger partial charge < -0.3 is 0 Å². The molecule has 0 atom stereocenters. The Bertz CT molecular complexity index is 811. The topological polar surface area (TPSA) is 0 Å². The summed E-state index contributed by atoms with van der Waals surface area (Å²) in [4.78, 5) is 0.335. The van der Waals surface area contributed by atoms with Crippen LogP contribution < -0.4 is 10.9 Å². The van der Waals surface area contributed by atoms with Gasteiger partial charge in [-0.3, -0.25) is 0 Å². The molecule has 0 aliphatic carbocycles. The highest BCUT2D eigenvalue weighted by Crippen LogP contribution is 2.68. The Hall–Kier alpha value is -1.00. The van der Waals surface area contributed by atoms with E-state index >= 15 is 0 Å². The summed E-state index contributed by atoms with van der Waals surface area (Å²) in [5.74, 6) is 0. The van der Waals surface area contributed by atoms with E-state index in [0.717, 1.165) is 0 Å². The van der Waals surface area contributed by atoms with Crippen LogP contribution in [0, 0.1) is 41.5 Å². The standard InChI is InChI=1S/C25H38B2P/c1-16-12-18(3)23(19(4)13-16)26-22(7)27(25(26,8)28(9,10)11)24-20(5)14-17(2)15-21(24)6/h12-15,22H,1-11H3/q+1. The van der Waals surface area contributed by atoms with Gasteiger partial charge in [-0.15, -0.1) is 0 Å². The molecule has 0 bridgehead atoms. The summed E-state index contributed by atoms with van der Waals surface area (Å²) in [6, 6.07) is 9.58. The van der Waals surface area contributed by atoms with Crippen molar-refractivity contribution in [1.82, 2.24) is 0 Å². The van der Waals surface area contributed by atoms with Gasteiger partial charge in [-0.2, -0.15) is 0 Å². The van der Waals surface area contributed by atoms with Crippen LogP contribution in [0.5, 0.6) is 0 Å². The molecule has 28 heavy (non-hydrogen) atoms. The molecule has 0 nitrogen and oxygen atoms in total. The van der Waals surface area contributed by atoms with Gasteiger partial charge in [-0.1, -0.05) is 81.2 Å². The lowest BCUT2D eigenvalue weighted by Crippen LogP contribution is -2.80. The first kappa shape index (κ1) is 21.7. The SMILES string of the molecule is Cc1cc(C)c(B2C(C)B(c3c(C)cc(C)cc3C)C2(C)[P+](C)(C)C)c(C)c1. The van der Waals surface area contributed by atoms with Gasteiger partial charge in [0.2, 0.25) is 13.4 Å². The van der Waals surface area contributed by atoms with E-state index in [2.05, 4.69) is 99.6 Å². The van der Waals surface area contributed by atoms with Crippen molar-refractivity contribution in [2.24, 2.45) is 0 Å². The summed E-state index contributed by atoms with van der Waals surface area (Å²) in [6.07, 6.45) is 0. The zero-order chi connectivity index (χ0) is 21.2. The van der Waals surface area contributed by atoms with Crippen molar-refractivity contribution in [2.75, 3.05) is 20.0 Å². The van der Waals surface area contributed by atoms with E-state index in [-0.39, 0.29) is 0 Å². The van der Waals surface area contributed by atoms with Crippen molar-refractivity contribution in [3.05, 3.63) is 57.6 Å². The van der Waals surface area contributed by atoms with Gasteiger partial charge in [0.05, 0.1) is 0 Å². The lowest BCUT2D eigenvalue weighted by atomic mass is 8.95. The minimum absolute atomic E-state index is 0.335. The highest BCUT2D eigenvalue weighted by atomic mass is 31.2. The largest absolute Gasteiger partial charge is 0.215 e. The Labute approximate surface area is 175 Å². The summed E-state index contributed by atoms with van der Waals surface area (Å²) in [6.45, 7) is 27.9. The van der Waals surface area contributed by atoms with Crippen LogP contribution in [-0.2, 0) is 0 Å². The normalized spacial score (nSPS) is 22.5. The van der Waals surface area contributed by atoms with Crippen LogP contribution in [0.2, 0.25) is 5.72 Å². The first-order valence-electron chi connectivity index (χ1n) is 10.8. The first-order valence-corrected chi connectivity index (χ1v) is 13.9. The lowest BCUT2D eigenvalue weighted by molar-refractivity contribution is 0.991. The zero-order valence-corrected chi connectivity index (χ0v) is 20.9. The second kappa shape index (κ2) is 7.05. The number of hydrogen-bond donors (Lipinski definition) is 0. The molecule has 1 fully saturated rings. The molecule has 0 saturated carbocycles. The molecule has 1 saturated heterocycles. The first-order chi connectivity index (χ1) is 12.8. The zero-order valence-electron chi connectivity index (χ0n) is 20.0. The molecule has 2 aromatic rings. The van der Waals surface area contributed by atoms with Crippen LogP contribution in [0.25, 0.3) is 0 Å². The van der Waals surface area contributed by atoms with E-state index in [1.807, 2.05) is 0 Å². The molecule has 1 aliphatic rings. The maximum Gasteiger partial charge on any atom is 0.215 e. The third-order valence-electron chi connectivity index (χ3n) is 7.85. The fourth-order valence-electron chi connectivity index (χ4n) is 6.64. The Kier molecular flexibility index (Phi) is 5.47. The minimum Gasteiger partial charge on any atom is -0.0746 e. The minimum atomic E-state index is -1.12. The summed E-state index contributed by atoms with van der Waals surface area (Å²) < 4.78 is 0. The van der Waals surface area contributed by atoms with Crippen molar-refractivity contribution in [2.45, 2.75) is 66.1 Å². The molecule has 0 spiro atoms. The molecule has 1 heterocycles. The highest BCUT2D eigenvalue weighted by molar-refractivity contribution is 7.81. The van der Waals surface area contributed by atoms with Crippen LogP contribution in [0.15, 0.2) is 24.3 Å². The molecular weight excluding hydrogens is 353 g/mol. The Morgan fingerprint density at radius 3 is 1.21 bits per heavy atom. The van der Waals surface area contributed by atoms with Crippen LogP contribution >= 0.6 is 7.26 Å². The predicted octanol–water partition coefficient (Wildman–Crippen LogP) is 5.33. The van der Waals surface area contributed by atoms with Crippen LogP contribution in [0.3, 0.4) is 0 Å².